The smallest absolute Gasteiger partial charge is 0.303 e. The summed E-state index contributed by atoms with van der Waals surface area (Å²) in [5.74, 6) is -0.551. The fraction of sp³-hybridized carbons (Fsp3) is 0.929. The minimum absolute atomic E-state index is 0.0498. The van der Waals surface area contributed by atoms with Gasteiger partial charge in [0.1, 0.15) is 6.04 Å². The highest BCUT2D eigenvalue weighted by molar-refractivity contribution is 6.74. The number of azide groups is 1. The van der Waals surface area contributed by atoms with E-state index in [0.29, 0.717) is 0 Å². The predicted octanol–water partition coefficient (Wildman–Crippen LogP) is 2.83. The minimum atomic E-state index is -2.18. The van der Waals surface area contributed by atoms with Gasteiger partial charge in [-0.25, -0.2) is 0 Å². The normalized spacial score (nSPS) is 31.2. The molecular formula is C14H26BN3O5Si. The van der Waals surface area contributed by atoms with E-state index in [-0.39, 0.29) is 5.04 Å². The molecule has 0 aromatic rings. The van der Waals surface area contributed by atoms with Crippen molar-refractivity contribution in [2.24, 2.45) is 5.11 Å². The molecule has 8 nitrogen and oxygen atoms in total. The van der Waals surface area contributed by atoms with Crippen LogP contribution >= 0.6 is 0 Å². The van der Waals surface area contributed by atoms with Crippen molar-refractivity contribution >= 4 is 22.3 Å². The molecule has 10 heteroatoms. The van der Waals surface area contributed by atoms with Gasteiger partial charge in [0.15, 0.2) is 20.7 Å². The molecule has 0 saturated carbocycles. The molecule has 1 aliphatic rings. The van der Waals surface area contributed by atoms with Crippen molar-refractivity contribution in [1.29, 1.82) is 0 Å². The van der Waals surface area contributed by atoms with Gasteiger partial charge in [-0.3, -0.25) is 4.79 Å². The fourth-order valence-electron chi connectivity index (χ4n) is 2.29. The topological polar surface area (TPSA) is 103 Å². The molecule has 3 unspecified atom stereocenters. The van der Waals surface area contributed by atoms with Gasteiger partial charge in [-0.05, 0) is 30.6 Å². The van der Waals surface area contributed by atoms with Gasteiger partial charge in [0.25, 0.3) is 8.05 Å². The van der Waals surface area contributed by atoms with Gasteiger partial charge in [-0.2, -0.15) is 0 Å². The van der Waals surface area contributed by atoms with E-state index in [2.05, 4.69) is 43.9 Å². The summed E-state index contributed by atoms with van der Waals surface area (Å²) in [5.41, 5.74) is 8.95. The van der Waals surface area contributed by atoms with Crippen molar-refractivity contribution in [3.05, 3.63) is 10.4 Å². The zero-order chi connectivity index (χ0) is 18.7. The summed E-state index contributed by atoms with van der Waals surface area (Å²) < 4.78 is 22.1. The number of carbonyl (C=O) groups is 1. The SMILES string of the molecule is [B]OC1O[C@H](C)C(O[Si](C)(C)C(C)(C)C)[C@H](N=[N+]=[N-])C1OC(C)=O. The quantitative estimate of drug-likeness (QED) is 0.248. The maximum Gasteiger partial charge on any atom is 0.303 e. The Balaban J connectivity index is 3.20. The molecule has 24 heavy (non-hydrogen) atoms. The average Bonchev–Trinajstić information content (AvgIpc) is 2.43. The van der Waals surface area contributed by atoms with Gasteiger partial charge in [-0.1, -0.05) is 25.9 Å². The Bertz CT molecular complexity index is 507. The molecule has 134 valence electrons. The lowest BCUT2D eigenvalue weighted by Crippen LogP contribution is -2.61. The van der Waals surface area contributed by atoms with Crippen LogP contribution in [-0.4, -0.2) is 53.0 Å². The van der Waals surface area contributed by atoms with E-state index in [9.17, 15) is 4.79 Å². The Morgan fingerprint density at radius 1 is 1.33 bits per heavy atom. The molecule has 0 aromatic carbocycles. The molecule has 1 heterocycles. The largest absolute Gasteiger partial charge is 0.457 e. The number of nitrogens with zero attached hydrogens (tertiary/aromatic N) is 3. The zero-order valence-corrected chi connectivity index (χ0v) is 16.3. The third-order valence-corrected chi connectivity index (χ3v) is 9.08. The first-order valence-electron chi connectivity index (χ1n) is 7.85. The molecular weight excluding hydrogens is 329 g/mol. The first-order valence-corrected chi connectivity index (χ1v) is 10.8. The molecule has 0 amide bonds. The van der Waals surface area contributed by atoms with Crippen molar-refractivity contribution in [1.82, 2.24) is 0 Å². The van der Waals surface area contributed by atoms with Crippen LogP contribution in [0.3, 0.4) is 0 Å². The van der Waals surface area contributed by atoms with Crippen molar-refractivity contribution < 1.29 is 23.3 Å². The summed E-state index contributed by atoms with van der Waals surface area (Å²) in [4.78, 5) is 14.3. The summed E-state index contributed by atoms with van der Waals surface area (Å²) in [6.45, 7) is 13.5. The van der Waals surface area contributed by atoms with Crippen LogP contribution in [0.5, 0.6) is 0 Å². The highest BCUT2D eigenvalue weighted by Crippen LogP contribution is 2.40. The molecule has 0 aromatic heterocycles. The van der Waals surface area contributed by atoms with Crippen LogP contribution in [0.25, 0.3) is 10.4 Å². The van der Waals surface area contributed by atoms with E-state index in [1.807, 2.05) is 0 Å². The van der Waals surface area contributed by atoms with E-state index in [0.717, 1.165) is 0 Å². The third kappa shape index (κ3) is 4.73. The van der Waals surface area contributed by atoms with E-state index in [1.54, 1.807) is 6.92 Å². The Labute approximate surface area is 145 Å². The first-order chi connectivity index (χ1) is 10.9. The Morgan fingerprint density at radius 2 is 1.92 bits per heavy atom. The highest BCUT2D eigenvalue weighted by Gasteiger charge is 2.50. The number of rotatable bonds is 5. The van der Waals surface area contributed by atoms with Crippen LogP contribution in [0, 0.1) is 0 Å². The highest BCUT2D eigenvalue weighted by atomic mass is 28.4. The van der Waals surface area contributed by atoms with E-state index in [1.165, 1.54) is 6.92 Å². The summed E-state index contributed by atoms with van der Waals surface area (Å²) in [5, 5.41) is 3.75. The first kappa shape index (κ1) is 21.0. The number of ether oxygens (including phenoxy) is 2. The van der Waals surface area contributed by atoms with Crippen LogP contribution in [0.1, 0.15) is 34.6 Å². The van der Waals surface area contributed by atoms with Crippen LogP contribution in [-0.2, 0) is 23.3 Å². The number of carbonyl (C=O) groups excluding carboxylic acids is 1. The molecule has 1 rings (SSSR count). The van der Waals surface area contributed by atoms with Crippen LogP contribution < -0.4 is 0 Å². The molecule has 1 saturated heterocycles. The summed E-state index contributed by atoms with van der Waals surface area (Å²) in [6.07, 6.45) is -3.03. The second-order valence-corrected chi connectivity index (χ2v) is 12.2. The van der Waals surface area contributed by atoms with Gasteiger partial charge in [-0.15, -0.1) is 0 Å². The molecule has 0 aliphatic carbocycles. The maximum absolute atomic E-state index is 11.4. The lowest BCUT2D eigenvalue weighted by Gasteiger charge is -2.47. The van der Waals surface area contributed by atoms with Gasteiger partial charge >= 0.3 is 5.97 Å². The Kier molecular flexibility index (Phi) is 6.89. The predicted molar refractivity (Wildman–Crippen MR) is 91.7 cm³/mol. The standard InChI is InChI=1S/C14H26BN3O5Si/c1-8-11(23-24(6,7)14(3,4)5)10(17-18-16)12(21-9(2)19)13(20-8)22-15/h8,10-13H,1-7H3/t8-,10+,11?,12?,13?/m1/s1. The number of hydrogen-bond acceptors (Lipinski definition) is 6. The second-order valence-electron chi connectivity index (χ2n) is 7.46. The monoisotopic (exact) mass is 355 g/mol. The maximum atomic E-state index is 11.4. The Morgan fingerprint density at radius 3 is 2.33 bits per heavy atom. The molecule has 1 aliphatic heterocycles. The van der Waals surface area contributed by atoms with Crippen LogP contribution in [0.4, 0.5) is 0 Å². The van der Waals surface area contributed by atoms with Gasteiger partial charge in [0, 0.05) is 11.8 Å². The molecule has 2 radical (unpaired) electrons. The molecule has 0 spiro atoms. The van der Waals surface area contributed by atoms with Crippen molar-refractivity contribution in [2.75, 3.05) is 0 Å². The van der Waals surface area contributed by atoms with Gasteiger partial charge in [0.2, 0.25) is 0 Å². The summed E-state index contributed by atoms with van der Waals surface area (Å²) in [6, 6.07) is -0.801. The second kappa shape index (κ2) is 7.88. The molecule has 5 atom stereocenters. The number of esters is 1. The van der Waals surface area contributed by atoms with E-state index in [4.69, 9.17) is 32.1 Å². The molecule has 1 fully saturated rings. The minimum Gasteiger partial charge on any atom is -0.457 e. The van der Waals surface area contributed by atoms with Crippen molar-refractivity contribution in [3.8, 4) is 0 Å². The van der Waals surface area contributed by atoms with Crippen LogP contribution in [0.2, 0.25) is 18.1 Å². The Hall–Kier alpha value is -1.06. The average molecular weight is 355 g/mol. The van der Waals surface area contributed by atoms with Gasteiger partial charge < -0.3 is 18.6 Å². The molecule has 0 N–H and O–H groups in total. The zero-order valence-electron chi connectivity index (χ0n) is 15.3. The van der Waals surface area contributed by atoms with E-state index >= 15 is 0 Å². The van der Waals surface area contributed by atoms with Gasteiger partial charge in [0.05, 0.1) is 12.2 Å². The third-order valence-electron chi connectivity index (χ3n) is 4.61. The summed E-state index contributed by atoms with van der Waals surface area (Å²) in [7, 11) is 3.07. The molecule has 0 bridgehead atoms. The summed E-state index contributed by atoms with van der Waals surface area (Å²) >= 11 is 0. The van der Waals surface area contributed by atoms with Crippen LogP contribution in [0.15, 0.2) is 5.11 Å². The lowest BCUT2D eigenvalue weighted by atomic mass is 9.97. The fourth-order valence-corrected chi connectivity index (χ4v) is 3.66. The van der Waals surface area contributed by atoms with E-state index < -0.39 is 44.9 Å². The lowest BCUT2D eigenvalue weighted by molar-refractivity contribution is -0.241. The number of hydrogen-bond donors (Lipinski definition) is 0. The van der Waals surface area contributed by atoms with Crippen molar-refractivity contribution in [3.63, 3.8) is 0 Å². The van der Waals surface area contributed by atoms with Crippen molar-refractivity contribution in [2.45, 2.75) is 83.4 Å².